The summed E-state index contributed by atoms with van der Waals surface area (Å²) >= 11 is 0. The highest BCUT2D eigenvalue weighted by Crippen LogP contribution is 2.32. The van der Waals surface area contributed by atoms with E-state index in [0.29, 0.717) is 19.0 Å². The molecule has 0 fully saturated rings. The van der Waals surface area contributed by atoms with Crippen molar-refractivity contribution < 1.29 is 13.9 Å². The van der Waals surface area contributed by atoms with Crippen molar-refractivity contribution in [3.05, 3.63) is 47.9 Å². The molecule has 1 atom stereocenters. The molecular formula is C16H17FN2O2. The third kappa shape index (κ3) is 3.24. The maximum Gasteiger partial charge on any atom is 0.214 e. The van der Waals surface area contributed by atoms with Crippen LogP contribution in [0.4, 0.5) is 10.2 Å². The summed E-state index contributed by atoms with van der Waals surface area (Å²) < 4.78 is 24.4. The maximum absolute atomic E-state index is 13.1. The van der Waals surface area contributed by atoms with Gasteiger partial charge >= 0.3 is 0 Å². The molecule has 2 heterocycles. The van der Waals surface area contributed by atoms with E-state index in [1.54, 1.807) is 12.1 Å². The Hall–Kier alpha value is -2.30. The Balaban J connectivity index is 1.78. The van der Waals surface area contributed by atoms with Crippen molar-refractivity contribution in [3.63, 3.8) is 0 Å². The summed E-state index contributed by atoms with van der Waals surface area (Å²) in [6, 6.07) is 10.5. The first-order valence-corrected chi connectivity index (χ1v) is 7.01. The highest BCUT2D eigenvalue weighted by Gasteiger charge is 2.14. The molecule has 0 saturated carbocycles. The zero-order valence-corrected chi connectivity index (χ0v) is 11.8. The summed E-state index contributed by atoms with van der Waals surface area (Å²) in [5, 5.41) is 3.17. The zero-order chi connectivity index (χ0) is 14.7. The molecule has 1 aromatic carbocycles. The van der Waals surface area contributed by atoms with E-state index in [1.807, 2.05) is 25.1 Å². The number of ether oxygens (including phenoxy) is 2. The van der Waals surface area contributed by atoms with Crippen molar-refractivity contribution >= 4 is 5.82 Å². The zero-order valence-electron chi connectivity index (χ0n) is 11.8. The van der Waals surface area contributed by atoms with E-state index in [0.717, 1.165) is 23.5 Å². The molecule has 5 heteroatoms. The topological polar surface area (TPSA) is 43.4 Å². The maximum atomic E-state index is 13.1. The molecule has 0 radical (unpaired) electrons. The van der Waals surface area contributed by atoms with Crippen LogP contribution in [-0.2, 0) is 0 Å². The van der Waals surface area contributed by atoms with E-state index in [2.05, 4.69) is 10.3 Å². The molecule has 3 rings (SSSR count). The highest BCUT2D eigenvalue weighted by atomic mass is 19.1. The van der Waals surface area contributed by atoms with Crippen LogP contribution < -0.4 is 14.8 Å². The van der Waals surface area contributed by atoms with Crippen molar-refractivity contribution in [3.8, 4) is 11.5 Å². The van der Waals surface area contributed by atoms with Crippen LogP contribution in [0.3, 0.4) is 0 Å². The van der Waals surface area contributed by atoms with Gasteiger partial charge in [0.05, 0.1) is 19.3 Å². The number of hydrogen-bond acceptors (Lipinski definition) is 4. The average molecular weight is 288 g/mol. The highest BCUT2D eigenvalue weighted by molar-refractivity contribution is 5.46. The first-order valence-electron chi connectivity index (χ1n) is 7.01. The summed E-state index contributed by atoms with van der Waals surface area (Å²) in [6.45, 7) is 3.32. The van der Waals surface area contributed by atoms with E-state index in [1.165, 1.54) is 6.07 Å². The molecule has 110 valence electrons. The second-order valence-electron chi connectivity index (χ2n) is 4.97. The van der Waals surface area contributed by atoms with Gasteiger partial charge < -0.3 is 14.8 Å². The van der Waals surface area contributed by atoms with Gasteiger partial charge in [0.1, 0.15) is 5.82 Å². The Bertz CT molecular complexity index is 633. The van der Waals surface area contributed by atoms with Crippen LogP contribution in [0.1, 0.15) is 24.9 Å². The summed E-state index contributed by atoms with van der Waals surface area (Å²) in [5.41, 5.74) is 1.03. The number of hydrogen-bond donors (Lipinski definition) is 1. The van der Waals surface area contributed by atoms with Gasteiger partial charge in [0.15, 0.2) is 11.5 Å². The van der Waals surface area contributed by atoms with Crippen LogP contribution in [0, 0.1) is 5.95 Å². The molecule has 1 unspecified atom stereocenters. The standard InChI is InChI=1S/C16H17FN2O2/c1-11(18-16-5-2-4-15(17)19-16)12-6-7-13-14(10-12)21-9-3-8-20-13/h2,4-7,10-11H,3,8-9H2,1H3,(H,18,19). The van der Waals surface area contributed by atoms with Gasteiger partial charge in [-0.15, -0.1) is 0 Å². The van der Waals surface area contributed by atoms with Crippen LogP contribution in [-0.4, -0.2) is 18.2 Å². The second kappa shape index (κ2) is 5.99. The molecule has 0 aliphatic carbocycles. The molecule has 2 aromatic rings. The fourth-order valence-corrected chi connectivity index (χ4v) is 2.24. The molecule has 0 spiro atoms. The van der Waals surface area contributed by atoms with Crippen LogP contribution in [0.15, 0.2) is 36.4 Å². The lowest BCUT2D eigenvalue weighted by Gasteiger charge is -2.17. The molecule has 21 heavy (non-hydrogen) atoms. The number of nitrogens with one attached hydrogen (secondary N) is 1. The molecule has 1 N–H and O–H groups in total. The van der Waals surface area contributed by atoms with Crippen LogP contribution in [0.5, 0.6) is 11.5 Å². The third-order valence-electron chi connectivity index (χ3n) is 3.35. The third-order valence-corrected chi connectivity index (χ3v) is 3.35. The van der Waals surface area contributed by atoms with Crippen LogP contribution in [0.2, 0.25) is 0 Å². The molecule has 4 nitrogen and oxygen atoms in total. The van der Waals surface area contributed by atoms with Gasteiger partial charge in [-0.25, -0.2) is 4.98 Å². The van der Waals surface area contributed by atoms with Gasteiger partial charge in [-0.3, -0.25) is 0 Å². The Labute approximate surface area is 122 Å². The Morgan fingerprint density at radius 1 is 1.14 bits per heavy atom. The quantitative estimate of drug-likeness (QED) is 0.877. The van der Waals surface area contributed by atoms with Crippen LogP contribution in [0.25, 0.3) is 0 Å². The Morgan fingerprint density at radius 2 is 1.95 bits per heavy atom. The normalized spacial score (nSPS) is 15.1. The minimum Gasteiger partial charge on any atom is -0.490 e. The average Bonchev–Trinajstić information content (AvgIpc) is 2.71. The fourth-order valence-electron chi connectivity index (χ4n) is 2.24. The Morgan fingerprint density at radius 3 is 2.76 bits per heavy atom. The number of aromatic nitrogens is 1. The van der Waals surface area contributed by atoms with E-state index in [4.69, 9.17) is 9.47 Å². The monoisotopic (exact) mass is 288 g/mol. The summed E-state index contributed by atoms with van der Waals surface area (Å²) in [6.07, 6.45) is 0.880. The van der Waals surface area contributed by atoms with Crippen molar-refractivity contribution in [2.45, 2.75) is 19.4 Å². The number of rotatable bonds is 3. The van der Waals surface area contributed by atoms with Crippen molar-refractivity contribution in [1.82, 2.24) is 4.98 Å². The number of nitrogens with zero attached hydrogens (tertiary/aromatic N) is 1. The SMILES string of the molecule is CC(Nc1cccc(F)n1)c1ccc2c(c1)OCCCO2. The van der Waals surface area contributed by atoms with Gasteiger partial charge in [0, 0.05) is 6.42 Å². The number of halogens is 1. The summed E-state index contributed by atoms with van der Waals surface area (Å²) in [4.78, 5) is 3.81. The summed E-state index contributed by atoms with van der Waals surface area (Å²) in [5.74, 6) is 1.54. The smallest absolute Gasteiger partial charge is 0.214 e. The van der Waals surface area contributed by atoms with E-state index < -0.39 is 5.95 Å². The Kier molecular flexibility index (Phi) is 3.90. The van der Waals surface area contributed by atoms with Gasteiger partial charge in [0.2, 0.25) is 5.95 Å². The van der Waals surface area contributed by atoms with Gasteiger partial charge in [0.25, 0.3) is 0 Å². The molecular weight excluding hydrogens is 271 g/mol. The number of benzene rings is 1. The predicted octanol–water partition coefficient (Wildman–Crippen LogP) is 3.56. The molecule has 1 aromatic heterocycles. The first-order chi connectivity index (χ1) is 10.2. The lowest BCUT2D eigenvalue weighted by atomic mass is 10.1. The van der Waals surface area contributed by atoms with Gasteiger partial charge in [-0.1, -0.05) is 12.1 Å². The van der Waals surface area contributed by atoms with E-state index in [9.17, 15) is 4.39 Å². The largest absolute Gasteiger partial charge is 0.490 e. The lowest BCUT2D eigenvalue weighted by Crippen LogP contribution is -2.08. The van der Waals surface area contributed by atoms with E-state index >= 15 is 0 Å². The van der Waals surface area contributed by atoms with Crippen molar-refractivity contribution in [1.29, 1.82) is 0 Å². The minimum atomic E-state index is -0.495. The second-order valence-corrected chi connectivity index (χ2v) is 4.97. The molecule has 0 saturated heterocycles. The first kappa shape index (κ1) is 13.7. The minimum absolute atomic E-state index is 0.0172. The molecule has 1 aliphatic rings. The summed E-state index contributed by atoms with van der Waals surface area (Å²) in [7, 11) is 0. The number of pyridine rings is 1. The molecule has 0 amide bonds. The lowest BCUT2D eigenvalue weighted by molar-refractivity contribution is 0.297. The van der Waals surface area contributed by atoms with Crippen LogP contribution >= 0.6 is 0 Å². The van der Waals surface area contributed by atoms with Gasteiger partial charge in [-0.2, -0.15) is 4.39 Å². The predicted molar refractivity (Wildman–Crippen MR) is 78.3 cm³/mol. The number of fused-ring (bicyclic) bond motifs is 1. The van der Waals surface area contributed by atoms with E-state index in [-0.39, 0.29) is 6.04 Å². The number of anilines is 1. The fraction of sp³-hybridized carbons (Fsp3) is 0.312. The molecule has 0 bridgehead atoms. The van der Waals surface area contributed by atoms with Gasteiger partial charge in [-0.05, 0) is 36.8 Å². The molecule has 1 aliphatic heterocycles. The van der Waals surface area contributed by atoms with Crippen molar-refractivity contribution in [2.75, 3.05) is 18.5 Å². The van der Waals surface area contributed by atoms with Crippen molar-refractivity contribution in [2.24, 2.45) is 0 Å².